The second kappa shape index (κ2) is 8.42. The summed E-state index contributed by atoms with van der Waals surface area (Å²) >= 11 is 12.2. The number of hydrogen-bond donors (Lipinski definition) is 0. The van der Waals surface area contributed by atoms with Crippen molar-refractivity contribution in [2.75, 3.05) is 19.6 Å². The van der Waals surface area contributed by atoms with E-state index in [1.54, 1.807) is 12.3 Å². The van der Waals surface area contributed by atoms with Crippen LogP contribution in [0, 0.1) is 0 Å². The Morgan fingerprint density at radius 2 is 1.81 bits per heavy atom. The van der Waals surface area contributed by atoms with Crippen molar-refractivity contribution in [3.8, 4) is 0 Å². The van der Waals surface area contributed by atoms with Gasteiger partial charge in [0.05, 0.1) is 16.1 Å². The maximum absolute atomic E-state index is 6.27. The van der Waals surface area contributed by atoms with Crippen molar-refractivity contribution in [3.05, 3.63) is 58.1 Å². The average molecular weight is 401 g/mol. The Balaban J connectivity index is 1.61. The Morgan fingerprint density at radius 3 is 2.63 bits per heavy atom. The molecule has 1 aromatic heterocycles. The molecule has 1 fully saturated rings. The number of imidazole rings is 1. The molecule has 140 valence electrons. The summed E-state index contributed by atoms with van der Waals surface area (Å²) in [6.07, 6.45) is 5.70. The van der Waals surface area contributed by atoms with Crippen LogP contribution in [-0.4, -0.2) is 40.3 Å². The average Bonchev–Trinajstić information content (AvgIpc) is 3.04. The predicted molar refractivity (Wildman–Crippen MR) is 114 cm³/mol. The van der Waals surface area contributed by atoms with Crippen molar-refractivity contribution in [2.24, 2.45) is 4.99 Å². The number of hydrogen-bond acceptors (Lipinski definition) is 3. The van der Waals surface area contributed by atoms with E-state index in [0.29, 0.717) is 16.0 Å². The van der Waals surface area contributed by atoms with Crippen molar-refractivity contribution in [3.63, 3.8) is 0 Å². The normalized spacial score (nSPS) is 15.8. The highest BCUT2D eigenvalue weighted by Gasteiger charge is 2.13. The van der Waals surface area contributed by atoms with Crippen LogP contribution >= 0.6 is 23.2 Å². The van der Waals surface area contributed by atoms with Crippen LogP contribution < -0.4 is 0 Å². The van der Waals surface area contributed by atoms with Crippen LogP contribution in [-0.2, 0) is 6.54 Å². The molecule has 0 unspecified atom stereocenters. The monoisotopic (exact) mass is 400 g/mol. The Kier molecular flexibility index (Phi) is 5.77. The quantitative estimate of drug-likeness (QED) is 0.523. The van der Waals surface area contributed by atoms with Gasteiger partial charge in [0, 0.05) is 29.9 Å². The van der Waals surface area contributed by atoms with Crippen LogP contribution in [0.2, 0.25) is 10.0 Å². The summed E-state index contributed by atoms with van der Waals surface area (Å²) in [7, 11) is 0. The van der Waals surface area contributed by atoms with E-state index >= 15 is 0 Å². The number of likely N-dealkylation sites (tertiary alicyclic amines) is 1. The Hall–Kier alpha value is -1.88. The molecule has 2 heterocycles. The molecule has 0 N–H and O–H groups in total. The summed E-state index contributed by atoms with van der Waals surface area (Å²) in [4.78, 5) is 11.9. The maximum atomic E-state index is 6.27. The van der Waals surface area contributed by atoms with Crippen molar-refractivity contribution in [1.29, 1.82) is 0 Å². The predicted octanol–water partition coefficient (Wildman–Crippen LogP) is 5.58. The van der Waals surface area contributed by atoms with Gasteiger partial charge in [0.1, 0.15) is 0 Å². The largest absolute Gasteiger partial charge is 0.307 e. The Bertz CT molecular complexity index is 958. The Morgan fingerprint density at radius 1 is 1.00 bits per heavy atom. The van der Waals surface area contributed by atoms with E-state index in [2.05, 4.69) is 20.5 Å². The van der Waals surface area contributed by atoms with E-state index in [9.17, 15) is 0 Å². The second-order valence-corrected chi connectivity index (χ2v) is 7.72. The smallest absolute Gasteiger partial charge is 0.230 e. The molecule has 0 spiro atoms. The van der Waals surface area contributed by atoms with E-state index in [0.717, 1.165) is 29.7 Å². The fourth-order valence-electron chi connectivity index (χ4n) is 3.54. The minimum Gasteiger partial charge on any atom is -0.307 e. The van der Waals surface area contributed by atoms with E-state index in [4.69, 9.17) is 28.2 Å². The van der Waals surface area contributed by atoms with Crippen molar-refractivity contribution < 1.29 is 0 Å². The van der Waals surface area contributed by atoms with Gasteiger partial charge in [-0.3, -0.25) is 0 Å². The molecule has 0 bridgehead atoms. The van der Waals surface area contributed by atoms with Gasteiger partial charge in [0.2, 0.25) is 5.95 Å². The first-order chi connectivity index (χ1) is 13.2. The summed E-state index contributed by atoms with van der Waals surface area (Å²) in [6, 6.07) is 13.6. The van der Waals surface area contributed by atoms with Gasteiger partial charge in [-0.15, -0.1) is 0 Å². The molecule has 2 aromatic carbocycles. The molecule has 4 nitrogen and oxygen atoms in total. The number of benzene rings is 2. The van der Waals surface area contributed by atoms with Crippen LogP contribution in [0.5, 0.6) is 0 Å². The molecule has 0 aliphatic carbocycles. The van der Waals surface area contributed by atoms with Gasteiger partial charge in [-0.25, -0.2) is 9.98 Å². The highest BCUT2D eigenvalue weighted by Crippen LogP contribution is 2.24. The summed E-state index contributed by atoms with van der Waals surface area (Å²) in [5, 5.41) is 1.20. The van der Waals surface area contributed by atoms with Crippen LogP contribution in [0.1, 0.15) is 24.8 Å². The molecule has 6 heteroatoms. The van der Waals surface area contributed by atoms with Crippen LogP contribution in [0.4, 0.5) is 5.95 Å². The first-order valence-corrected chi connectivity index (χ1v) is 10.1. The van der Waals surface area contributed by atoms with Crippen LogP contribution in [0.25, 0.3) is 11.0 Å². The second-order valence-electron chi connectivity index (χ2n) is 6.88. The fourth-order valence-corrected chi connectivity index (χ4v) is 4.00. The van der Waals surface area contributed by atoms with Gasteiger partial charge in [0.25, 0.3) is 0 Å². The van der Waals surface area contributed by atoms with Crippen LogP contribution in [0.15, 0.2) is 47.5 Å². The first-order valence-electron chi connectivity index (χ1n) is 9.37. The zero-order valence-electron chi connectivity index (χ0n) is 15.1. The van der Waals surface area contributed by atoms with Gasteiger partial charge in [-0.1, -0.05) is 47.8 Å². The zero-order chi connectivity index (χ0) is 18.6. The summed E-state index contributed by atoms with van der Waals surface area (Å²) in [5.41, 5.74) is 2.91. The third-order valence-electron chi connectivity index (χ3n) is 5.00. The van der Waals surface area contributed by atoms with Gasteiger partial charge in [-0.05, 0) is 50.2 Å². The van der Waals surface area contributed by atoms with Gasteiger partial charge in [-0.2, -0.15) is 0 Å². The molecule has 3 aromatic rings. The third-order valence-corrected chi connectivity index (χ3v) is 5.57. The molecule has 27 heavy (non-hydrogen) atoms. The first kappa shape index (κ1) is 18.5. The molecule has 1 aliphatic heterocycles. The lowest BCUT2D eigenvalue weighted by Gasteiger charge is -2.26. The van der Waals surface area contributed by atoms with E-state index in [-0.39, 0.29) is 0 Å². The van der Waals surface area contributed by atoms with E-state index in [1.807, 2.05) is 30.3 Å². The molecular formula is C21H22Cl2N4. The molecule has 4 rings (SSSR count). The van der Waals surface area contributed by atoms with Gasteiger partial charge in [0.15, 0.2) is 0 Å². The minimum absolute atomic E-state index is 0.585. The number of halogens is 2. The standard InChI is InChI=1S/C21H22Cl2N4/c22-17-9-8-16(18(23)14-17)15-24-21-25-19-6-2-3-7-20(19)27(21)13-12-26-10-4-1-5-11-26/h2-3,6-9,14-15H,1,4-5,10-13H2/b24-15+. The minimum atomic E-state index is 0.585. The number of aromatic nitrogens is 2. The lowest BCUT2D eigenvalue weighted by atomic mass is 10.1. The molecule has 1 aliphatic rings. The number of nitrogens with zero attached hydrogens (tertiary/aromatic N) is 4. The highest BCUT2D eigenvalue weighted by atomic mass is 35.5. The number of para-hydroxylation sites is 2. The van der Waals surface area contributed by atoms with Crippen LogP contribution in [0.3, 0.4) is 0 Å². The lowest BCUT2D eigenvalue weighted by Crippen LogP contribution is -2.32. The number of rotatable bonds is 5. The molecule has 0 saturated carbocycles. The molecule has 1 saturated heterocycles. The molecule has 0 atom stereocenters. The topological polar surface area (TPSA) is 33.4 Å². The zero-order valence-corrected chi connectivity index (χ0v) is 16.6. The molecule has 0 amide bonds. The highest BCUT2D eigenvalue weighted by molar-refractivity contribution is 6.36. The van der Waals surface area contributed by atoms with Crippen molar-refractivity contribution in [2.45, 2.75) is 25.8 Å². The summed E-state index contributed by atoms with van der Waals surface area (Å²) in [5.74, 6) is 0.708. The summed E-state index contributed by atoms with van der Waals surface area (Å²) < 4.78 is 2.20. The SMILES string of the molecule is Clc1ccc(/C=N/c2nc3ccccc3n2CCN2CCCCC2)c(Cl)c1. The number of aliphatic imine (C=N–C) groups is 1. The third kappa shape index (κ3) is 4.34. The van der Waals surface area contributed by atoms with Gasteiger partial charge < -0.3 is 9.47 Å². The van der Waals surface area contributed by atoms with Crippen molar-refractivity contribution in [1.82, 2.24) is 14.5 Å². The molecule has 0 radical (unpaired) electrons. The van der Waals surface area contributed by atoms with E-state index < -0.39 is 0 Å². The lowest BCUT2D eigenvalue weighted by molar-refractivity contribution is 0.222. The number of fused-ring (bicyclic) bond motifs is 1. The maximum Gasteiger partial charge on any atom is 0.230 e. The van der Waals surface area contributed by atoms with E-state index in [1.165, 1.54) is 32.4 Å². The van der Waals surface area contributed by atoms with Gasteiger partial charge >= 0.3 is 0 Å². The number of piperidine rings is 1. The summed E-state index contributed by atoms with van der Waals surface area (Å²) in [6.45, 7) is 4.27. The Labute approximate surface area is 169 Å². The molecular weight excluding hydrogens is 379 g/mol. The van der Waals surface area contributed by atoms with Crippen molar-refractivity contribution >= 4 is 46.4 Å². The fraction of sp³-hybridized carbons (Fsp3) is 0.333.